The molecule has 108 valence electrons. The number of ether oxygens (including phenoxy) is 1. The van der Waals surface area contributed by atoms with Gasteiger partial charge in [-0.3, -0.25) is 0 Å². The van der Waals surface area contributed by atoms with Crippen molar-refractivity contribution < 1.29 is 9.13 Å². The second-order valence-corrected chi connectivity index (χ2v) is 6.20. The van der Waals surface area contributed by atoms with Crippen LogP contribution >= 0.6 is 15.9 Å². The fourth-order valence-electron chi connectivity index (χ4n) is 1.77. The molecule has 4 heteroatoms. The minimum absolute atomic E-state index is 0.289. The standard InChI is InChI=1S/C15H23BrFNO/c1-11(2)4-5-12(3)18-6-7-19-15-9-13(16)8-14(17)10-15/h8-12,18H,4-7H2,1-3H3. The van der Waals surface area contributed by atoms with Crippen molar-refractivity contribution in [2.24, 2.45) is 5.92 Å². The molecule has 0 aliphatic heterocycles. The molecule has 0 bridgehead atoms. The Balaban J connectivity index is 2.19. The zero-order valence-electron chi connectivity index (χ0n) is 11.9. The summed E-state index contributed by atoms with van der Waals surface area (Å²) in [4.78, 5) is 0. The Labute approximate surface area is 123 Å². The van der Waals surface area contributed by atoms with Crippen LogP contribution in [0.4, 0.5) is 4.39 Å². The smallest absolute Gasteiger partial charge is 0.128 e. The molecule has 1 N–H and O–H groups in total. The van der Waals surface area contributed by atoms with E-state index in [0.717, 1.165) is 12.5 Å². The molecule has 2 nitrogen and oxygen atoms in total. The van der Waals surface area contributed by atoms with Gasteiger partial charge in [-0.05, 0) is 37.8 Å². The van der Waals surface area contributed by atoms with Gasteiger partial charge in [0.05, 0.1) is 0 Å². The van der Waals surface area contributed by atoms with Crippen molar-refractivity contribution in [3.05, 3.63) is 28.5 Å². The minimum Gasteiger partial charge on any atom is -0.492 e. The molecule has 1 atom stereocenters. The summed E-state index contributed by atoms with van der Waals surface area (Å²) in [6, 6.07) is 5.07. The van der Waals surface area contributed by atoms with E-state index in [1.54, 1.807) is 6.07 Å². The quantitative estimate of drug-likeness (QED) is 0.713. The number of halogens is 2. The summed E-state index contributed by atoms with van der Waals surface area (Å²) >= 11 is 3.24. The molecular weight excluding hydrogens is 309 g/mol. The van der Waals surface area contributed by atoms with Gasteiger partial charge in [0.2, 0.25) is 0 Å². The molecule has 0 amide bonds. The number of benzene rings is 1. The molecule has 1 unspecified atom stereocenters. The van der Waals surface area contributed by atoms with Gasteiger partial charge in [-0.1, -0.05) is 29.8 Å². The average Bonchev–Trinajstić information content (AvgIpc) is 2.31. The summed E-state index contributed by atoms with van der Waals surface area (Å²) < 4.78 is 19.3. The number of nitrogens with one attached hydrogen (secondary N) is 1. The van der Waals surface area contributed by atoms with Gasteiger partial charge >= 0.3 is 0 Å². The van der Waals surface area contributed by atoms with E-state index in [1.807, 2.05) is 0 Å². The molecule has 0 aromatic heterocycles. The van der Waals surface area contributed by atoms with E-state index in [9.17, 15) is 4.39 Å². The van der Waals surface area contributed by atoms with Crippen molar-refractivity contribution in [1.29, 1.82) is 0 Å². The Morgan fingerprint density at radius 3 is 2.58 bits per heavy atom. The number of rotatable bonds is 8. The predicted octanol–water partition coefficient (Wildman–Crippen LogP) is 4.38. The van der Waals surface area contributed by atoms with Crippen LogP contribution in [-0.4, -0.2) is 19.2 Å². The molecule has 1 aromatic rings. The van der Waals surface area contributed by atoms with Gasteiger partial charge < -0.3 is 10.1 Å². The normalized spacial score (nSPS) is 12.7. The number of hydrogen-bond donors (Lipinski definition) is 1. The Morgan fingerprint density at radius 2 is 1.95 bits per heavy atom. The van der Waals surface area contributed by atoms with Crippen LogP contribution in [0.5, 0.6) is 5.75 Å². The first-order chi connectivity index (χ1) is 8.97. The molecule has 0 saturated carbocycles. The highest BCUT2D eigenvalue weighted by molar-refractivity contribution is 9.10. The summed E-state index contributed by atoms with van der Waals surface area (Å²) in [5, 5.41) is 3.41. The Morgan fingerprint density at radius 1 is 1.21 bits per heavy atom. The molecule has 0 fully saturated rings. The highest BCUT2D eigenvalue weighted by atomic mass is 79.9. The molecular formula is C15H23BrFNO. The zero-order chi connectivity index (χ0) is 14.3. The van der Waals surface area contributed by atoms with Gasteiger partial charge in [0.15, 0.2) is 0 Å². The van der Waals surface area contributed by atoms with E-state index in [0.29, 0.717) is 22.9 Å². The summed E-state index contributed by atoms with van der Waals surface area (Å²) in [6.07, 6.45) is 2.40. The fourth-order valence-corrected chi connectivity index (χ4v) is 2.22. The first-order valence-electron chi connectivity index (χ1n) is 6.79. The van der Waals surface area contributed by atoms with E-state index in [4.69, 9.17) is 4.74 Å². The van der Waals surface area contributed by atoms with E-state index in [-0.39, 0.29) is 5.82 Å². The summed E-state index contributed by atoms with van der Waals surface area (Å²) in [5.41, 5.74) is 0. The van der Waals surface area contributed by atoms with Crippen LogP contribution in [0.15, 0.2) is 22.7 Å². The van der Waals surface area contributed by atoms with Crippen molar-refractivity contribution in [3.8, 4) is 5.75 Å². The zero-order valence-corrected chi connectivity index (χ0v) is 13.5. The maximum absolute atomic E-state index is 13.1. The Kier molecular flexibility index (Phi) is 7.39. The van der Waals surface area contributed by atoms with Gasteiger partial charge in [-0.15, -0.1) is 0 Å². The highest BCUT2D eigenvalue weighted by Gasteiger charge is 2.03. The first-order valence-corrected chi connectivity index (χ1v) is 7.59. The van der Waals surface area contributed by atoms with Crippen LogP contribution in [-0.2, 0) is 0 Å². The fraction of sp³-hybridized carbons (Fsp3) is 0.600. The van der Waals surface area contributed by atoms with Crippen LogP contribution in [0.3, 0.4) is 0 Å². The van der Waals surface area contributed by atoms with Crippen molar-refractivity contribution in [2.45, 2.75) is 39.7 Å². The third-order valence-electron chi connectivity index (χ3n) is 2.88. The van der Waals surface area contributed by atoms with Crippen LogP contribution in [0, 0.1) is 11.7 Å². The molecule has 0 heterocycles. The molecule has 0 spiro atoms. The van der Waals surface area contributed by atoms with Crippen LogP contribution in [0.1, 0.15) is 33.6 Å². The molecule has 19 heavy (non-hydrogen) atoms. The van der Waals surface area contributed by atoms with Crippen LogP contribution in [0.25, 0.3) is 0 Å². The van der Waals surface area contributed by atoms with E-state index >= 15 is 0 Å². The summed E-state index contributed by atoms with van der Waals surface area (Å²) in [6.45, 7) is 7.96. The minimum atomic E-state index is -0.289. The molecule has 0 radical (unpaired) electrons. The monoisotopic (exact) mass is 331 g/mol. The lowest BCUT2D eigenvalue weighted by Gasteiger charge is -2.15. The van der Waals surface area contributed by atoms with E-state index in [2.05, 4.69) is 42.0 Å². The summed E-state index contributed by atoms with van der Waals surface area (Å²) in [5.74, 6) is 1.01. The number of hydrogen-bond acceptors (Lipinski definition) is 2. The SMILES string of the molecule is CC(C)CCC(C)NCCOc1cc(F)cc(Br)c1. The lowest BCUT2D eigenvalue weighted by atomic mass is 10.0. The summed E-state index contributed by atoms with van der Waals surface area (Å²) in [7, 11) is 0. The Bertz CT molecular complexity index is 364. The van der Waals surface area contributed by atoms with E-state index < -0.39 is 0 Å². The topological polar surface area (TPSA) is 21.3 Å². The van der Waals surface area contributed by atoms with Crippen molar-refractivity contribution in [3.63, 3.8) is 0 Å². The highest BCUT2D eigenvalue weighted by Crippen LogP contribution is 2.20. The lowest BCUT2D eigenvalue weighted by molar-refractivity contribution is 0.301. The second-order valence-electron chi connectivity index (χ2n) is 5.28. The van der Waals surface area contributed by atoms with Crippen molar-refractivity contribution in [1.82, 2.24) is 5.32 Å². The first kappa shape index (κ1) is 16.4. The van der Waals surface area contributed by atoms with Gasteiger partial charge in [0.1, 0.15) is 18.2 Å². The van der Waals surface area contributed by atoms with Crippen molar-refractivity contribution in [2.75, 3.05) is 13.2 Å². The van der Waals surface area contributed by atoms with Gasteiger partial charge in [-0.2, -0.15) is 0 Å². The maximum atomic E-state index is 13.1. The largest absolute Gasteiger partial charge is 0.492 e. The second kappa shape index (κ2) is 8.54. The Hall–Kier alpha value is -0.610. The third kappa shape index (κ3) is 7.53. The van der Waals surface area contributed by atoms with Crippen LogP contribution < -0.4 is 10.1 Å². The average molecular weight is 332 g/mol. The third-order valence-corrected chi connectivity index (χ3v) is 3.33. The van der Waals surface area contributed by atoms with Gasteiger partial charge in [0.25, 0.3) is 0 Å². The van der Waals surface area contributed by atoms with E-state index in [1.165, 1.54) is 25.0 Å². The predicted molar refractivity (Wildman–Crippen MR) is 81.1 cm³/mol. The molecule has 0 aliphatic carbocycles. The molecule has 1 rings (SSSR count). The molecule has 1 aromatic carbocycles. The van der Waals surface area contributed by atoms with Crippen molar-refractivity contribution >= 4 is 15.9 Å². The van der Waals surface area contributed by atoms with Gasteiger partial charge in [-0.25, -0.2) is 4.39 Å². The van der Waals surface area contributed by atoms with Crippen LogP contribution in [0.2, 0.25) is 0 Å². The lowest BCUT2D eigenvalue weighted by Crippen LogP contribution is -2.30. The molecule has 0 aliphatic rings. The maximum Gasteiger partial charge on any atom is 0.128 e. The molecule has 0 saturated heterocycles. The van der Waals surface area contributed by atoms with Gasteiger partial charge in [0, 0.05) is 23.1 Å².